The standard InChI is InChI=1S/C12H15BrN2O2S/c13-11-5-8(1-2-10(11)12(14)18)15-3-4-17-9(6-15)7-16/h1-2,5,9,16H,3-4,6-7H2,(H2,14,18). The number of anilines is 1. The zero-order valence-electron chi connectivity index (χ0n) is 9.80. The predicted octanol–water partition coefficient (Wildman–Crippen LogP) is 1.28. The summed E-state index contributed by atoms with van der Waals surface area (Å²) in [5.41, 5.74) is 7.53. The van der Waals surface area contributed by atoms with Crippen molar-refractivity contribution in [2.75, 3.05) is 31.2 Å². The maximum absolute atomic E-state index is 9.13. The molecule has 1 unspecified atom stereocenters. The van der Waals surface area contributed by atoms with E-state index in [4.69, 9.17) is 27.8 Å². The number of benzene rings is 1. The van der Waals surface area contributed by atoms with Crippen molar-refractivity contribution in [1.82, 2.24) is 0 Å². The highest BCUT2D eigenvalue weighted by atomic mass is 79.9. The van der Waals surface area contributed by atoms with E-state index >= 15 is 0 Å². The Hall–Kier alpha value is -0.690. The average Bonchev–Trinajstić information content (AvgIpc) is 2.38. The molecule has 0 saturated carbocycles. The largest absolute Gasteiger partial charge is 0.394 e. The number of thiocarbonyl (C=S) groups is 1. The van der Waals surface area contributed by atoms with Gasteiger partial charge in [0.25, 0.3) is 0 Å². The lowest BCUT2D eigenvalue weighted by Gasteiger charge is -2.34. The van der Waals surface area contributed by atoms with Crippen molar-refractivity contribution in [3.8, 4) is 0 Å². The molecule has 0 spiro atoms. The van der Waals surface area contributed by atoms with Gasteiger partial charge in [0.2, 0.25) is 0 Å². The van der Waals surface area contributed by atoms with E-state index in [1.165, 1.54) is 0 Å². The normalized spacial score (nSPS) is 19.9. The van der Waals surface area contributed by atoms with Crippen molar-refractivity contribution in [3.05, 3.63) is 28.2 Å². The summed E-state index contributed by atoms with van der Waals surface area (Å²) in [5, 5.41) is 9.13. The Morgan fingerprint density at radius 1 is 1.61 bits per heavy atom. The van der Waals surface area contributed by atoms with E-state index in [0.29, 0.717) is 18.1 Å². The van der Waals surface area contributed by atoms with Gasteiger partial charge < -0.3 is 20.5 Å². The van der Waals surface area contributed by atoms with Crippen LogP contribution in [0.5, 0.6) is 0 Å². The number of ether oxygens (including phenoxy) is 1. The van der Waals surface area contributed by atoms with Crippen LogP contribution in [0.3, 0.4) is 0 Å². The minimum absolute atomic E-state index is 0.0443. The highest BCUT2D eigenvalue weighted by molar-refractivity contribution is 9.10. The number of rotatable bonds is 3. The first-order chi connectivity index (χ1) is 8.61. The number of hydrogen-bond donors (Lipinski definition) is 2. The summed E-state index contributed by atoms with van der Waals surface area (Å²) in [4.78, 5) is 2.56. The Bertz CT molecular complexity index is 456. The first-order valence-electron chi connectivity index (χ1n) is 5.68. The fourth-order valence-corrected chi connectivity index (χ4v) is 2.85. The molecule has 2 rings (SSSR count). The van der Waals surface area contributed by atoms with E-state index in [0.717, 1.165) is 22.3 Å². The molecule has 98 valence electrons. The Morgan fingerprint density at radius 2 is 2.39 bits per heavy atom. The number of nitrogens with zero attached hydrogens (tertiary/aromatic N) is 1. The lowest BCUT2D eigenvalue weighted by atomic mass is 10.1. The second kappa shape index (κ2) is 5.97. The van der Waals surface area contributed by atoms with Crippen LogP contribution in [0.15, 0.2) is 22.7 Å². The number of morpholine rings is 1. The Labute approximate surface area is 120 Å². The van der Waals surface area contributed by atoms with Gasteiger partial charge in [-0.3, -0.25) is 0 Å². The molecular formula is C12H15BrN2O2S. The van der Waals surface area contributed by atoms with Crippen molar-refractivity contribution < 1.29 is 9.84 Å². The minimum Gasteiger partial charge on any atom is -0.394 e. The van der Waals surface area contributed by atoms with Gasteiger partial charge in [-0.1, -0.05) is 12.2 Å². The molecule has 0 aliphatic carbocycles. The molecule has 1 aromatic rings. The summed E-state index contributed by atoms with van der Waals surface area (Å²) < 4.78 is 6.32. The third-order valence-electron chi connectivity index (χ3n) is 2.93. The fraction of sp³-hybridized carbons (Fsp3) is 0.417. The van der Waals surface area contributed by atoms with E-state index in [2.05, 4.69) is 20.8 Å². The summed E-state index contributed by atoms with van der Waals surface area (Å²) in [6, 6.07) is 5.89. The van der Waals surface area contributed by atoms with Crippen LogP contribution in [0.25, 0.3) is 0 Å². The van der Waals surface area contributed by atoms with Crippen LogP contribution in [-0.2, 0) is 4.74 Å². The van der Waals surface area contributed by atoms with Crippen LogP contribution in [0, 0.1) is 0 Å². The summed E-state index contributed by atoms with van der Waals surface area (Å²) in [6.45, 7) is 2.17. The second-order valence-corrected chi connectivity index (χ2v) is 5.44. The van der Waals surface area contributed by atoms with E-state index in [9.17, 15) is 0 Å². The number of aliphatic hydroxyl groups is 1. The van der Waals surface area contributed by atoms with Crippen molar-refractivity contribution in [2.24, 2.45) is 5.73 Å². The number of aliphatic hydroxyl groups excluding tert-OH is 1. The van der Waals surface area contributed by atoms with Crippen molar-refractivity contribution >= 4 is 38.8 Å². The van der Waals surface area contributed by atoms with Crippen LogP contribution < -0.4 is 10.6 Å². The van der Waals surface area contributed by atoms with Gasteiger partial charge in [-0.2, -0.15) is 0 Å². The van der Waals surface area contributed by atoms with Crippen molar-refractivity contribution in [2.45, 2.75) is 6.10 Å². The number of halogens is 1. The van der Waals surface area contributed by atoms with E-state index in [1.54, 1.807) is 0 Å². The highest BCUT2D eigenvalue weighted by Gasteiger charge is 2.20. The Balaban J connectivity index is 2.18. The Morgan fingerprint density at radius 3 is 3.00 bits per heavy atom. The molecule has 0 aromatic heterocycles. The van der Waals surface area contributed by atoms with Crippen molar-refractivity contribution in [1.29, 1.82) is 0 Å². The van der Waals surface area contributed by atoms with E-state index < -0.39 is 0 Å². The van der Waals surface area contributed by atoms with Gasteiger partial charge in [-0.15, -0.1) is 0 Å². The SMILES string of the molecule is NC(=S)c1ccc(N2CCOC(CO)C2)cc1Br. The number of nitrogens with two attached hydrogens (primary N) is 1. The molecule has 1 aliphatic rings. The van der Waals surface area contributed by atoms with Crippen molar-refractivity contribution in [3.63, 3.8) is 0 Å². The molecule has 1 aliphatic heterocycles. The average molecular weight is 331 g/mol. The monoisotopic (exact) mass is 330 g/mol. The molecule has 3 N–H and O–H groups in total. The maximum Gasteiger partial charge on any atom is 0.105 e. The van der Waals surface area contributed by atoms with Gasteiger partial charge in [0, 0.05) is 28.8 Å². The van der Waals surface area contributed by atoms with E-state index in [-0.39, 0.29) is 12.7 Å². The van der Waals surface area contributed by atoms with Crippen LogP contribution in [0.1, 0.15) is 5.56 Å². The zero-order chi connectivity index (χ0) is 13.1. The lowest BCUT2D eigenvalue weighted by Crippen LogP contribution is -2.44. The fourth-order valence-electron chi connectivity index (χ4n) is 1.96. The summed E-state index contributed by atoms with van der Waals surface area (Å²) in [5.74, 6) is 0. The first-order valence-corrected chi connectivity index (χ1v) is 6.88. The van der Waals surface area contributed by atoms with Gasteiger partial charge in [0.05, 0.1) is 19.3 Å². The molecular weight excluding hydrogens is 316 g/mol. The summed E-state index contributed by atoms with van der Waals surface area (Å²) >= 11 is 8.44. The molecule has 6 heteroatoms. The van der Waals surface area contributed by atoms with Gasteiger partial charge in [-0.05, 0) is 34.1 Å². The maximum atomic E-state index is 9.13. The third kappa shape index (κ3) is 3.00. The lowest BCUT2D eigenvalue weighted by molar-refractivity contribution is 0.00356. The van der Waals surface area contributed by atoms with Gasteiger partial charge in [0.15, 0.2) is 0 Å². The molecule has 4 nitrogen and oxygen atoms in total. The van der Waals surface area contributed by atoms with Gasteiger partial charge in [0.1, 0.15) is 4.99 Å². The highest BCUT2D eigenvalue weighted by Crippen LogP contribution is 2.25. The summed E-state index contributed by atoms with van der Waals surface area (Å²) in [6.07, 6.45) is -0.118. The predicted molar refractivity (Wildman–Crippen MR) is 79.1 cm³/mol. The summed E-state index contributed by atoms with van der Waals surface area (Å²) in [7, 11) is 0. The molecule has 1 aromatic carbocycles. The zero-order valence-corrected chi connectivity index (χ0v) is 12.2. The van der Waals surface area contributed by atoms with Crippen LogP contribution in [0.2, 0.25) is 0 Å². The topological polar surface area (TPSA) is 58.7 Å². The van der Waals surface area contributed by atoms with E-state index in [1.807, 2.05) is 18.2 Å². The molecule has 1 fully saturated rings. The van der Waals surface area contributed by atoms with Crippen LogP contribution in [0.4, 0.5) is 5.69 Å². The van der Waals surface area contributed by atoms with Crippen LogP contribution >= 0.6 is 28.1 Å². The molecule has 0 bridgehead atoms. The Kier molecular flexibility index (Phi) is 4.55. The van der Waals surface area contributed by atoms with Gasteiger partial charge >= 0.3 is 0 Å². The second-order valence-electron chi connectivity index (χ2n) is 4.15. The molecule has 18 heavy (non-hydrogen) atoms. The number of hydrogen-bond acceptors (Lipinski definition) is 4. The molecule has 0 amide bonds. The van der Waals surface area contributed by atoms with Crippen LogP contribution in [-0.4, -0.2) is 42.5 Å². The quantitative estimate of drug-likeness (QED) is 0.817. The smallest absolute Gasteiger partial charge is 0.105 e. The molecule has 1 saturated heterocycles. The molecule has 1 atom stereocenters. The minimum atomic E-state index is -0.118. The third-order valence-corrected chi connectivity index (χ3v) is 3.80. The van der Waals surface area contributed by atoms with Gasteiger partial charge in [-0.25, -0.2) is 0 Å². The first kappa shape index (κ1) is 13.7. The molecule has 1 heterocycles. The molecule has 0 radical (unpaired) electrons.